The third-order valence-electron chi connectivity index (χ3n) is 5.77. The smallest absolute Gasteiger partial charge is 0.162 e. The first kappa shape index (κ1) is 19.9. The molecule has 0 bridgehead atoms. The monoisotopic (exact) mass is 342 g/mol. The van der Waals surface area contributed by atoms with Crippen LogP contribution in [0.2, 0.25) is 0 Å². The Labute approximate surface area is 153 Å². The number of unbranched alkanes of at least 4 members (excludes halogenated alkanes) is 3. The quantitative estimate of drug-likeness (QED) is 0.363. The number of hydrogen-bond donors (Lipinski definition) is 0. The average molecular weight is 343 g/mol. The molecule has 0 unspecified atom stereocenters. The van der Waals surface area contributed by atoms with Gasteiger partial charge in [0.15, 0.2) is 5.78 Å². The highest BCUT2D eigenvalue weighted by Crippen LogP contribution is 2.41. The Hall–Kier alpha value is -1.44. The highest BCUT2D eigenvalue weighted by molar-refractivity contribution is 5.96. The fourth-order valence-electron chi connectivity index (χ4n) is 4.12. The second-order valence-electron chi connectivity index (χ2n) is 7.63. The van der Waals surface area contributed by atoms with Gasteiger partial charge in [0.2, 0.25) is 0 Å². The number of carbonyl (C=O) groups excluding carboxylic acids is 2. The van der Waals surface area contributed by atoms with Crippen LogP contribution in [-0.2, 0) is 10.2 Å². The maximum atomic E-state index is 13.0. The van der Waals surface area contributed by atoms with Crippen LogP contribution < -0.4 is 0 Å². The first-order chi connectivity index (χ1) is 12.1. The van der Waals surface area contributed by atoms with E-state index in [1.54, 1.807) is 0 Å². The molecule has 0 amide bonds. The van der Waals surface area contributed by atoms with Crippen LogP contribution in [0.3, 0.4) is 0 Å². The van der Waals surface area contributed by atoms with Gasteiger partial charge in [0.05, 0.1) is 5.41 Å². The SMILES string of the molecule is CCCCCC(=O)c1ccc(C2(C(=O)CCCC)CCCCC2)cc1. The van der Waals surface area contributed by atoms with Crippen LogP contribution in [0.15, 0.2) is 24.3 Å². The van der Waals surface area contributed by atoms with Crippen LogP contribution >= 0.6 is 0 Å². The lowest BCUT2D eigenvalue weighted by molar-refractivity contribution is -0.126. The van der Waals surface area contributed by atoms with Crippen LogP contribution in [-0.4, -0.2) is 11.6 Å². The minimum atomic E-state index is -0.294. The molecule has 0 spiro atoms. The normalized spacial score (nSPS) is 16.6. The van der Waals surface area contributed by atoms with Gasteiger partial charge in [0, 0.05) is 18.4 Å². The molecule has 0 atom stereocenters. The Balaban J connectivity index is 2.15. The summed E-state index contributed by atoms with van der Waals surface area (Å²) in [6.45, 7) is 4.29. The molecule has 0 heterocycles. The molecule has 1 aromatic carbocycles. The van der Waals surface area contributed by atoms with E-state index in [1.165, 1.54) is 6.42 Å². The van der Waals surface area contributed by atoms with E-state index >= 15 is 0 Å². The first-order valence-corrected chi connectivity index (χ1v) is 10.3. The van der Waals surface area contributed by atoms with Gasteiger partial charge in [-0.15, -0.1) is 0 Å². The molecule has 0 saturated heterocycles. The lowest BCUT2D eigenvalue weighted by Crippen LogP contribution is -2.38. The lowest BCUT2D eigenvalue weighted by atomic mass is 9.66. The lowest BCUT2D eigenvalue weighted by Gasteiger charge is -2.36. The Morgan fingerprint density at radius 3 is 2.08 bits per heavy atom. The van der Waals surface area contributed by atoms with Gasteiger partial charge in [-0.25, -0.2) is 0 Å². The standard InChI is InChI=1S/C23H34O2/c1-3-5-8-11-21(24)19-13-15-20(16-14-19)23(17-9-7-10-18-23)22(25)12-6-4-2/h13-16H,3-12,17-18H2,1-2H3. The van der Waals surface area contributed by atoms with Crippen molar-refractivity contribution in [2.75, 3.05) is 0 Å². The zero-order valence-electron chi connectivity index (χ0n) is 16.1. The van der Waals surface area contributed by atoms with E-state index in [9.17, 15) is 9.59 Å². The predicted octanol–water partition coefficient (Wildman–Crippen LogP) is 6.41. The number of carbonyl (C=O) groups is 2. The second kappa shape index (κ2) is 9.89. The second-order valence-corrected chi connectivity index (χ2v) is 7.63. The molecule has 2 heteroatoms. The number of hydrogen-bond acceptors (Lipinski definition) is 2. The largest absolute Gasteiger partial charge is 0.299 e. The molecule has 138 valence electrons. The molecule has 0 N–H and O–H groups in total. The number of ketones is 2. The maximum Gasteiger partial charge on any atom is 0.162 e. The molecule has 25 heavy (non-hydrogen) atoms. The van der Waals surface area contributed by atoms with Crippen molar-refractivity contribution in [3.63, 3.8) is 0 Å². The summed E-state index contributed by atoms with van der Waals surface area (Å²) in [5.41, 5.74) is 1.64. The van der Waals surface area contributed by atoms with Crippen molar-refractivity contribution in [1.82, 2.24) is 0 Å². The molecule has 1 aliphatic carbocycles. The van der Waals surface area contributed by atoms with E-state index in [0.29, 0.717) is 18.6 Å². The van der Waals surface area contributed by atoms with Crippen molar-refractivity contribution in [3.8, 4) is 0 Å². The molecule has 0 radical (unpaired) electrons. The summed E-state index contributed by atoms with van der Waals surface area (Å²) >= 11 is 0. The Kier molecular flexibility index (Phi) is 7.87. The van der Waals surface area contributed by atoms with Crippen molar-refractivity contribution in [1.29, 1.82) is 0 Å². The molecule has 2 nitrogen and oxygen atoms in total. The summed E-state index contributed by atoms with van der Waals surface area (Å²) in [7, 11) is 0. The van der Waals surface area contributed by atoms with Crippen LogP contribution in [0.1, 0.15) is 107 Å². The zero-order valence-corrected chi connectivity index (χ0v) is 16.1. The third-order valence-corrected chi connectivity index (χ3v) is 5.77. The predicted molar refractivity (Wildman–Crippen MR) is 104 cm³/mol. The van der Waals surface area contributed by atoms with Crippen molar-refractivity contribution in [2.24, 2.45) is 0 Å². The van der Waals surface area contributed by atoms with Crippen molar-refractivity contribution in [2.45, 2.75) is 96.3 Å². The van der Waals surface area contributed by atoms with Crippen molar-refractivity contribution in [3.05, 3.63) is 35.4 Å². The molecule has 0 aromatic heterocycles. The summed E-state index contributed by atoms with van der Waals surface area (Å²) in [6, 6.07) is 8.02. The molecule has 1 aliphatic rings. The molecule has 1 aromatic rings. The zero-order chi connectivity index (χ0) is 18.1. The number of benzene rings is 1. The Morgan fingerprint density at radius 2 is 1.48 bits per heavy atom. The Morgan fingerprint density at radius 1 is 0.840 bits per heavy atom. The van der Waals surface area contributed by atoms with E-state index in [-0.39, 0.29) is 11.2 Å². The summed E-state index contributed by atoms with van der Waals surface area (Å²) in [4.78, 5) is 25.3. The van der Waals surface area contributed by atoms with Gasteiger partial charge < -0.3 is 0 Å². The number of Topliss-reactive ketones (excluding diaryl/α,β-unsaturated/α-hetero) is 2. The van der Waals surface area contributed by atoms with E-state index in [0.717, 1.165) is 68.9 Å². The maximum absolute atomic E-state index is 13.0. The van der Waals surface area contributed by atoms with Gasteiger partial charge in [0.1, 0.15) is 5.78 Å². The topological polar surface area (TPSA) is 34.1 Å². The molecule has 1 fully saturated rings. The average Bonchev–Trinajstić information content (AvgIpc) is 2.66. The van der Waals surface area contributed by atoms with Crippen molar-refractivity contribution < 1.29 is 9.59 Å². The van der Waals surface area contributed by atoms with Gasteiger partial charge in [-0.2, -0.15) is 0 Å². The van der Waals surface area contributed by atoms with Gasteiger partial charge in [0.25, 0.3) is 0 Å². The fourth-order valence-corrected chi connectivity index (χ4v) is 4.12. The van der Waals surface area contributed by atoms with Crippen LogP contribution in [0, 0.1) is 0 Å². The van der Waals surface area contributed by atoms with Gasteiger partial charge in [-0.1, -0.05) is 76.6 Å². The van der Waals surface area contributed by atoms with Crippen LogP contribution in [0.25, 0.3) is 0 Å². The van der Waals surface area contributed by atoms with Gasteiger partial charge in [-0.3, -0.25) is 9.59 Å². The summed E-state index contributed by atoms with van der Waals surface area (Å²) in [5, 5.41) is 0. The molecular formula is C23H34O2. The molecule has 0 aliphatic heterocycles. The van der Waals surface area contributed by atoms with Gasteiger partial charge in [-0.05, 0) is 31.2 Å². The first-order valence-electron chi connectivity index (χ1n) is 10.3. The van der Waals surface area contributed by atoms with E-state index in [4.69, 9.17) is 0 Å². The summed E-state index contributed by atoms with van der Waals surface area (Å²) in [6.07, 6.45) is 12.0. The van der Waals surface area contributed by atoms with E-state index < -0.39 is 0 Å². The molecule has 1 saturated carbocycles. The fraction of sp³-hybridized carbons (Fsp3) is 0.652. The van der Waals surface area contributed by atoms with Crippen molar-refractivity contribution >= 4 is 11.6 Å². The Bertz CT molecular complexity index is 550. The summed E-state index contributed by atoms with van der Waals surface area (Å²) in [5.74, 6) is 0.645. The van der Waals surface area contributed by atoms with Crippen LogP contribution in [0.5, 0.6) is 0 Å². The van der Waals surface area contributed by atoms with E-state index in [2.05, 4.69) is 26.0 Å². The van der Waals surface area contributed by atoms with Gasteiger partial charge >= 0.3 is 0 Å². The highest BCUT2D eigenvalue weighted by atomic mass is 16.1. The molecule has 2 rings (SSSR count). The summed E-state index contributed by atoms with van der Waals surface area (Å²) < 4.78 is 0. The third kappa shape index (κ3) is 5.03. The highest BCUT2D eigenvalue weighted by Gasteiger charge is 2.40. The van der Waals surface area contributed by atoms with E-state index in [1.807, 2.05) is 12.1 Å². The minimum absolute atomic E-state index is 0.231. The number of rotatable bonds is 10. The molecular weight excluding hydrogens is 308 g/mol. The van der Waals surface area contributed by atoms with Crippen LogP contribution in [0.4, 0.5) is 0 Å². The minimum Gasteiger partial charge on any atom is -0.299 e.